The Morgan fingerprint density at radius 1 is 0.315 bits per heavy atom. The summed E-state index contributed by atoms with van der Waals surface area (Å²) in [6, 6.07) is 8.72. The minimum atomic E-state index is -1.65. The van der Waals surface area contributed by atoms with Crippen LogP contribution in [-0.4, -0.2) is 50.9 Å². The number of unbranched alkanes of at least 4 members (excludes halogenated alkanes) is 44. The second-order valence-corrected chi connectivity index (χ2v) is 42.7. The molecule has 2 aliphatic rings. The first kappa shape index (κ1) is 81.8. The monoisotopic (exact) mass is 1330 g/mol. The van der Waals surface area contributed by atoms with Crippen molar-refractivity contribution >= 4 is 62.0 Å². The molecule has 2 aromatic heterocycles. The van der Waals surface area contributed by atoms with E-state index in [2.05, 4.69) is 124 Å². The number of hydrogen-bond acceptors (Lipinski definition) is 4. The third-order valence-corrected chi connectivity index (χ3v) is 23.5. The minimum absolute atomic E-state index is 0.0393. The summed E-state index contributed by atoms with van der Waals surface area (Å²) in [6.45, 7) is 24.4. The van der Waals surface area contributed by atoms with Crippen LogP contribution in [0.15, 0.2) is 35.4 Å². The van der Waals surface area contributed by atoms with E-state index in [9.17, 15) is 0 Å². The van der Waals surface area contributed by atoms with Crippen molar-refractivity contribution in [3.63, 3.8) is 0 Å². The van der Waals surface area contributed by atoms with Crippen molar-refractivity contribution in [2.24, 2.45) is 11.8 Å². The zero-order chi connectivity index (χ0) is 66.3. The molecule has 522 valence electrons. The zero-order valence-corrected chi connectivity index (χ0v) is 65.8. The topological polar surface area (TPSA) is 40.6 Å². The SMILES string of the molecule is CCCCCCCCCCCCCCCCCCC(CCCCCCCCCC)CN1C(=O)C2=C(c3ccc(C#C[Si](C)(C)C)s3)N(CC(CCCCCCCCCC)CCCCCCCCCCCCCCCCCC)C(=O)C2=C1c1ccc(C#C[Si](C)(C)C)s1. The third kappa shape index (κ3) is 35.6. The van der Waals surface area contributed by atoms with Crippen molar-refractivity contribution in [1.82, 2.24) is 9.80 Å². The molecule has 4 rings (SSSR count). The standard InChI is InChI=1S/C84H144N2O2S2Si2/c1-11-15-19-23-27-31-33-35-37-39-41-43-45-49-53-57-61-73(59-55-51-47-29-25-21-17-13-3)71-85-81(77-65-63-75(89-77)67-69-91(5,6)7)79-80(83(85)87)82(78-66-64-76(90-78)68-70-92(8,9)10)86(84(79)88)72-74(60-56-52-48-30-26-22-18-14-4)62-58-54-50-46-44-42-40-38-36-34-32-28-24-20-16-12-2/h63-66,73-74H,11-62,71-72H2,1-10H3. The molecule has 0 bridgehead atoms. The molecule has 4 heterocycles. The molecule has 92 heavy (non-hydrogen) atoms. The van der Waals surface area contributed by atoms with Crippen molar-refractivity contribution in [3.05, 3.63) is 54.9 Å². The number of carbonyl (C=O) groups is 2. The summed E-state index contributed by atoms with van der Waals surface area (Å²) in [6.07, 6.45) is 69.3. The lowest BCUT2D eigenvalue weighted by atomic mass is 9.93. The summed E-state index contributed by atoms with van der Waals surface area (Å²) in [5.41, 5.74) is 10.3. The van der Waals surface area contributed by atoms with Crippen LogP contribution in [0.2, 0.25) is 39.3 Å². The first-order chi connectivity index (χ1) is 44.7. The van der Waals surface area contributed by atoms with E-state index in [1.165, 1.54) is 308 Å². The van der Waals surface area contributed by atoms with Gasteiger partial charge in [0.05, 0.1) is 42.0 Å². The van der Waals surface area contributed by atoms with Crippen LogP contribution >= 0.6 is 22.7 Å². The Kier molecular flexibility index (Phi) is 45.1. The maximum absolute atomic E-state index is 16.1. The fourth-order valence-corrected chi connectivity index (χ4v) is 17.1. The van der Waals surface area contributed by atoms with Gasteiger partial charge in [-0.2, -0.15) is 0 Å². The summed E-state index contributed by atoms with van der Waals surface area (Å²) in [5.74, 6) is 7.98. The van der Waals surface area contributed by atoms with E-state index in [4.69, 9.17) is 0 Å². The lowest BCUT2D eigenvalue weighted by Crippen LogP contribution is -2.34. The van der Waals surface area contributed by atoms with Gasteiger partial charge in [-0.25, -0.2) is 0 Å². The number of amides is 2. The number of fused-ring (bicyclic) bond motifs is 1. The Morgan fingerprint density at radius 3 is 0.728 bits per heavy atom. The van der Waals surface area contributed by atoms with Crippen LogP contribution in [0.5, 0.6) is 0 Å². The highest BCUT2D eigenvalue weighted by Gasteiger charge is 2.50. The maximum Gasteiger partial charge on any atom is 0.261 e. The second-order valence-electron chi connectivity index (χ2n) is 31.0. The van der Waals surface area contributed by atoms with E-state index in [1.807, 2.05) is 0 Å². The molecule has 0 aliphatic carbocycles. The van der Waals surface area contributed by atoms with Crippen LogP contribution in [0.25, 0.3) is 11.4 Å². The number of carbonyl (C=O) groups excluding carboxylic acids is 2. The summed E-state index contributed by atoms with van der Waals surface area (Å²) in [7, 11) is -3.30. The van der Waals surface area contributed by atoms with E-state index in [0.29, 0.717) is 36.1 Å². The molecule has 0 aromatic carbocycles. The lowest BCUT2D eigenvalue weighted by Gasteiger charge is -2.29. The average molecular weight is 1330 g/mol. The molecule has 2 aromatic rings. The fraction of sp³-hybridized carbons (Fsp3) is 0.786. The number of rotatable bonds is 58. The molecule has 0 spiro atoms. The fourth-order valence-electron chi connectivity index (χ4n) is 14.1. The average Bonchev–Trinajstić information content (AvgIpc) is 1.56. The first-order valence-electron chi connectivity index (χ1n) is 40.1. The number of thiophene rings is 2. The van der Waals surface area contributed by atoms with Gasteiger partial charge in [-0.15, -0.1) is 33.8 Å². The van der Waals surface area contributed by atoms with Crippen LogP contribution in [0.1, 0.15) is 381 Å². The van der Waals surface area contributed by atoms with Crippen LogP contribution in [-0.2, 0) is 9.59 Å². The Labute approximate surface area is 581 Å². The first-order valence-corrected chi connectivity index (χ1v) is 48.7. The molecule has 0 fully saturated rings. The molecular weight excluding hydrogens is 1190 g/mol. The minimum Gasteiger partial charge on any atom is -0.306 e. The van der Waals surface area contributed by atoms with Crippen molar-refractivity contribution in [2.45, 2.75) is 401 Å². The van der Waals surface area contributed by atoms with Gasteiger partial charge in [0.1, 0.15) is 16.1 Å². The molecule has 2 atom stereocenters. The summed E-state index contributed by atoms with van der Waals surface area (Å²) in [5, 5.41) is 0. The number of hydrogen-bond donors (Lipinski definition) is 0. The van der Waals surface area contributed by atoms with Crippen molar-refractivity contribution in [2.75, 3.05) is 13.1 Å². The van der Waals surface area contributed by atoms with Gasteiger partial charge in [0, 0.05) is 13.1 Å². The molecule has 2 unspecified atom stereocenters. The molecule has 4 nitrogen and oxygen atoms in total. The molecule has 0 saturated heterocycles. The smallest absolute Gasteiger partial charge is 0.261 e. The van der Waals surface area contributed by atoms with Crippen LogP contribution in [0.4, 0.5) is 0 Å². The molecule has 0 N–H and O–H groups in total. The van der Waals surface area contributed by atoms with E-state index >= 15 is 9.59 Å². The van der Waals surface area contributed by atoms with Gasteiger partial charge in [0.2, 0.25) is 0 Å². The van der Waals surface area contributed by atoms with Gasteiger partial charge >= 0.3 is 0 Å². The van der Waals surface area contributed by atoms with Crippen molar-refractivity contribution in [1.29, 1.82) is 0 Å². The van der Waals surface area contributed by atoms with Crippen LogP contribution < -0.4 is 0 Å². The van der Waals surface area contributed by atoms with Crippen molar-refractivity contribution in [3.8, 4) is 22.9 Å². The summed E-state index contributed by atoms with van der Waals surface area (Å²) >= 11 is 3.39. The Balaban J connectivity index is 1.62. The quantitative estimate of drug-likeness (QED) is 0.0376. The van der Waals surface area contributed by atoms with Gasteiger partial charge in [0.25, 0.3) is 11.8 Å². The highest BCUT2D eigenvalue weighted by atomic mass is 32.1. The predicted octanol–water partition coefficient (Wildman–Crippen LogP) is 27.7. The molecule has 2 amide bonds. The highest BCUT2D eigenvalue weighted by Crippen LogP contribution is 2.50. The van der Waals surface area contributed by atoms with Gasteiger partial charge in [0.15, 0.2) is 0 Å². The molecule has 0 radical (unpaired) electrons. The largest absolute Gasteiger partial charge is 0.306 e. The normalized spacial score (nSPS) is 14.2. The van der Waals surface area contributed by atoms with E-state index in [-0.39, 0.29) is 11.8 Å². The van der Waals surface area contributed by atoms with Gasteiger partial charge < -0.3 is 9.80 Å². The highest BCUT2D eigenvalue weighted by molar-refractivity contribution is 7.14. The second kappa shape index (κ2) is 50.7. The number of nitrogens with zero attached hydrogens (tertiary/aromatic N) is 2. The Morgan fingerprint density at radius 2 is 0.522 bits per heavy atom. The molecule has 0 saturated carbocycles. The van der Waals surface area contributed by atoms with Crippen LogP contribution in [0.3, 0.4) is 0 Å². The molecule has 8 heteroatoms. The Bertz CT molecular complexity index is 2280. The Hall–Kier alpha value is -2.63. The van der Waals surface area contributed by atoms with E-state index < -0.39 is 16.1 Å². The van der Waals surface area contributed by atoms with Gasteiger partial charge in [-0.1, -0.05) is 387 Å². The summed E-state index contributed by atoms with van der Waals surface area (Å²) < 4.78 is 0. The van der Waals surface area contributed by atoms with Gasteiger partial charge in [-0.05, 0) is 61.8 Å². The zero-order valence-electron chi connectivity index (χ0n) is 62.2. The van der Waals surface area contributed by atoms with Crippen LogP contribution in [0, 0.1) is 34.8 Å². The van der Waals surface area contributed by atoms with Crippen molar-refractivity contribution < 1.29 is 9.59 Å². The maximum atomic E-state index is 16.1. The van der Waals surface area contributed by atoms with E-state index in [0.717, 1.165) is 56.6 Å². The van der Waals surface area contributed by atoms with Gasteiger partial charge in [-0.3, -0.25) is 9.59 Å². The lowest BCUT2D eigenvalue weighted by molar-refractivity contribution is -0.124. The van der Waals surface area contributed by atoms with E-state index in [1.54, 1.807) is 22.7 Å². The summed E-state index contributed by atoms with van der Waals surface area (Å²) in [4.78, 5) is 40.6. The molecular formula is C84H144N2O2S2Si2. The molecule has 2 aliphatic heterocycles. The predicted molar refractivity (Wildman–Crippen MR) is 416 cm³/mol. The third-order valence-electron chi connectivity index (χ3n) is 19.7.